The fourth-order valence-electron chi connectivity index (χ4n) is 3.11. The third-order valence-electron chi connectivity index (χ3n) is 4.67. The topological polar surface area (TPSA) is 63.9 Å². The van der Waals surface area contributed by atoms with Crippen molar-refractivity contribution in [2.75, 3.05) is 4.90 Å². The summed E-state index contributed by atoms with van der Waals surface area (Å²) in [6.07, 6.45) is 3.46. The molecule has 26 heavy (non-hydrogen) atoms. The molecule has 0 bridgehead atoms. The Balaban J connectivity index is 1.60. The third kappa shape index (κ3) is 2.88. The van der Waals surface area contributed by atoms with Crippen LogP contribution in [0.2, 0.25) is 0 Å². The van der Waals surface area contributed by atoms with Crippen LogP contribution in [0.4, 0.5) is 5.82 Å². The predicted molar refractivity (Wildman–Crippen MR) is 101 cm³/mol. The first-order valence-corrected chi connectivity index (χ1v) is 9.29. The molecule has 4 rings (SSSR count). The van der Waals surface area contributed by atoms with Gasteiger partial charge in [0, 0.05) is 24.1 Å². The second-order valence-corrected chi connectivity index (χ2v) is 7.73. The van der Waals surface area contributed by atoms with E-state index >= 15 is 0 Å². The Morgan fingerprint density at radius 3 is 2.85 bits per heavy atom. The summed E-state index contributed by atoms with van der Waals surface area (Å²) in [7, 11) is 1.93. The fraction of sp³-hybridized carbons (Fsp3) is 0.263. The maximum absolute atomic E-state index is 12.8. The Kier molecular flexibility index (Phi) is 4.24. The molecule has 2 aromatic heterocycles. The molecule has 1 atom stereocenters. The Morgan fingerprint density at radius 2 is 2.12 bits per heavy atom. The second kappa shape index (κ2) is 6.57. The number of amides is 1. The number of aryl methyl sites for hydroxylation is 2. The van der Waals surface area contributed by atoms with E-state index in [0.29, 0.717) is 12.4 Å². The van der Waals surface area contributed by atoms with Gasteiger partial charge in [-0.15, -0.1) is 10.2 Å². The maximum Gasteiger partial charge on any atom is 0.260 e. The second-order valence-electron chi connectivity index (χ2n) is 6.42. The van der Waals surface area contributed by atoms with Crippen LogP contribution in [0.5, 0.6) is 0 Å². The summed E-state index contributed by atoms with van der Waals surface area (Å²) in [5, 5.41) is 9.07. The molecule has 132 valence electrons. The summed E-state index contributed by atoms with van der Waals surface area (Å²) < 4.78 is 1.90. The van der Waals surface area contributed by atoms with E-state index in [2.05, 4.69) is 22.1 Å². The zero-order valence-electron chi connectivity index (χ0n) is 14.9. The highest BCUT2D eigenvalue weighted by Crippen LogP contribution is 2.35. The number of nitrogens with zero attached hydrogens (tertiary/aromatic N) is 5. The molecule has 0 saturated heterocycles. The molecule has 3 heterocycles. The van der Waals surface area contributed by atoms with E-state index in [-0.39, 0.29) is 11.2 Å². The number of thioether (sulfide) groups is 1. The van der Waals surface area contributed by atoms with Crippen LogP contribution >= 0.6 is 11.8 Å². The van der Waals surface area contributed by atoms with Gasteiger partial charge in [0.15, 0.2) is 5.16 Å². The van der Waals surface area contributed by atoms with Crippen LogP contribution in [0.25, 0.3) is 0 Å². The molecule has 0 radical (unpaired) electrons. The van der Waals surface area contributed by atoms with Gasteiger partial charge in [-0.3, -0.25) is 9.69 Å². The van der Waals surface area contributed by atoms with Gasteiger partial charge in [-0.05, 0) is 48.7 Å². The lowest BCUT2D eigenvalue weighted by Gasteiger charge is -2.17. The lowest BCUT2D eigenvalue weighted by Crippen LogP contribution is -2.24. The molecule has 1 amide bonds. The van der Waals surface area contributed by atoms with Crippen molar-refractivity contribution in [3.63, 3.8) is 0 Å². The zero-order valence-corrected chi connectivity index (χ0v) is 15.7. The number of aromatic nitrogens is 4. The van der Waals surface area contributed by atoms with Crippen molar-refractivity contribution < 1.29 is 4.79 Å². The Morgan fingerprint density at radius 1 is 1.27 bits per heavy atom. The average Bonchev–Trinajstić information content (AvgIpc) is 3.20. The van der Waals surface area contributed by atoms with E-state index in [0.717, 1.165) is 27.4 Å². The van der Waals surface area contributed by atoms with Crippen LogP contribution in [0.15, 0.2) is 48.0 Å². The Bertz CT molecular complexity index is 984. The number of carbonyl (C=O) groups excluding carboxylic acids is 1. The molecule has 0 fully saturated rings. The van der Waals surface area contributed by atoms with Gasteiger partial charge in [0.2, 0.25) is 0 Å². The zero-order chi connectivity index (χ0) is 18.3. The van der Waals surface area contributed by atoms with E-state index in [9.17, 15) is 4.79 Å². The van der Waals surface area contributed by atoms with Gasteiger partial charge >= 0.3 is 0 Å². The Hall–Kier alpha value is -2.67. The molecule has 1 aliphatic rings. The van der Waals surface area contributed by atoms with E-state index in [1.807, 2.05) is 48.9 Å². The minimum Gasteiger partial charge on any atom is -0.312 e. The number of anilines is 1. The first-order valence-electron chi connectivity index (χ1n) is 8.41. The van der Waals surface area contributed by atoms with Crippen molar-refractivity contribution in [2.24, 2.45) is 7.05 Å². The third-order valence-corrected chi connectivity index (χ3v) is 5.88. The maximum atomic E-state index is 12.8. The van der Waals surface area contributed by atoms with Gasteiger partial charge in [0.1, 0.15) is 12.1 Å². The molecule has 3 aromatic rings. The summed E-state index contributed by atoms with van der Waals surface area (Å²) in [5.74, 6) is 0.704. The number of fused-ring (bicyclic) bond motifs is 1. The highest BCUT2D eigenvalue weighted by molar-refractivity contribution is 7.99. The van der Waals surface area contributed by atoms with Crippen LogP contribution in [0, 0.1) is 6.92 Å². The molecule has 0 N–H and O–H groups in total. The number of rotatable bonds is 4. The van der Waals surface area contributed by atoms with Gasteiger partial charge in [0.05, 0.1) is 6.54 Å². The van der Waals surface area contributed by atoms with Gasteiger partial charge in [-0.25, -0.2) is 4.98 Å². The van der Waals surface area contributed by atoms with Gasteiger partial charge in [0.25, 0.3) is 5.91 Å². The SMILES string of the molecule is Cc1cccc2c1CN(c1cc([C@H](C)Sc3nncn3C)ccn1)C2=O. The van der Waals surface area contributed by atoms with E-state index in [1.165, 1.54) is 0 Å². The van der Waals surface area contributed by atoms with Crippen LogP contribution in [0.1, 0.15) is 39.2 Å². The van der Waals surface area contributed by atoms with Crippen molar-refractivity contribution in [1.29, 1.82) is 0 Å². The smallest absolute Gasteiger partial charge is 0.260 e. The standard InChI is InChI=1S/C19H19N5OS/c1-12-5-4-6-15-16(12)10-24(18(15)25)17-9-14(7-8-20-17)13(2)26-19-22-21-11-23(19)3/h4-9,11,13H,10H2,1-3H3/t13-/m0/s1. The highest BCUT2D eigenvalue weighted by atomic mass is 32.2. The molecule has 1 aliphatic heterocycles. The van der Waals surface area contributed by atoms with Crippen molar-refractivity contribution >= 4 is 23.5 Å². The van der Waals surface area contributed by atoms with E-state index in [4.69, 9.17) is 0 Å². The first kappa shape index (κ1) is 16.8. The molecule has 0 aliphatic carbocycles. The molecule has 1 aromatic carbocycles. The quantitative estimate of drug-likeness (QED) is 0.662. The molecule has 0 saturated carbocycles. The fourth-order valence-corrected chi connectivity index (χ4v) is 4.02. The summed E-state index contributed by atoms with van der Waals surface area (Å²) in [4.78, 5) is 19.0. The van der Waals surface area contributed by atoms with Crippen LogP contribution in [0.3, 0.4) is 0 Å². The number of hydrogen-bond acceptors (Lipinski definition) is 5. The molecular weight excluding hydrogens is 346 g/mol. The average molecular weight is 365 g/mol. The number of pyridine rings is 1. The summed E-state index contributed by atoms with van der Waals surface area (Å²) in [6, 6.07) is 9.84. The summed E-state index contributed by atoms with van der Waals surface area (Å²) in [5.41, 5.74) is 4.11. The molecular formula is C19H19N5OS. The number of benzene rings is 1. The monoisotopic (exact) mass is 365 g/mol. The van der Waals surface area contributed by atoms with Crippen LogP contribution in [-0.2, 0) is 13.6 Å². The minimum atomic E-state index is 0.0157. The van der Waals surface area contributed by atoms with Gasteiger partial charge in [-0.1, -0.05) is 23.9 Å². The van der Waals surface area contributed by atoms with Crippen molar-refractivity contribution in [2.45, 2.75) is 30.8 Å². The molecule has 7 heteroatoms. The first-order chi connectivity index (χ1) is 12.5. The largest absolute Gasteiger partial charge is 0.312 e. The summed E-state index contributed by atoms with van der Waals surface area (Å²) >= 11 is 1.63. The molecule has 0 spiro atoms. The molecule has 0 unspecified atom stereocenters. The predicted octanol–water partition coefficient (Wildman–Crippen LogP) is 3.53. The minimum absolute atomic E-state index is 0.0157. The normalized spacial score (nSPS) is 14.6. The summed E-state index contributed by atoms with van der Waals surface area (Å²) in [6.45, 7) is 4.73. The molecule has 6 nitrogen and oxygen atoms in total. The van der Waals surface area contributed by atoms with Gasteiger partial charge in [-0.2, -0.15) is 0 Å². The van der Waals surface area contributed by atoms with Gasteiger partial charge < -0.3 is 4.57 Å². The Labute approximate surface area is 156 Å². The van der Waals surface area contributed by atoms with Crippen molar-refractivity contribution in [3.8, 4) is 0 Å². The lowest BCUT2D eigenvalue weighted by molar-refractivity contribution is 0.0996. The van der Waals surface area contributed by atoms with Crippen molar-refractivity contribution in [3.05, 3.63) is 65.1 Å². The lowest BCUT2D eigenvalue weighted by atomic mass is 10.1. The van der Waals surface area contributed by atoms with Crippen LogP contribution < -0.4 is 4.90 Å². The van der Waals surface area contributed by atoms with E-state index in [1.54, 1.807) is 29.2 Å². The van der Waals surface area contributed by atoms with E-state index < -0.39 is 0 Å². The van der Waals surface area contributed by atoms with Crippen LogP contribution in [-0.4, -0.2) is 25.7 Å². The number of hydrogen-bond donors (Lipinski definition) is 0. The van der Waals surface area contributed by atoms with Crippen molar-refractivity contribution in [1.82, 2.24) is 19.7 Å². The highest BCUT2D eigenvalue weighted by Gasteiger charge is 2.30. The number of carbonyl (C=O) groups is 1.